The summed E-state index contributed by atoms with van der Waals surface area (Å²) in [6.45, 7) is 2.21. The highest BCUT2D eigenvalue weighted by atomic mass is 35.5. The molecule has 0 aromatic heterocycles. The van der Waals surface area contributed by atoms with Gasteiger partial charge in [0.25, 0.3) is 0 Å². The van der Waals surface area contributed by atoms with Crippen LogP contribution in [-0.2, 0) is 19.2 Å². The predicted molar refractivity (Wildman–Crippen MR) is 266 cm³/mol. The third-order valence-electron chi connectivity index (χ3n) is 9.44. The minimum absolute atomic E-state index is 0. The first-order valence-corrected chi connectivity index (χ1v) is 21.3. The molecule has 361 valence electrons. The van der Waals surface area contributed by atoms with Crippen molar-refractivity contribution in [3.63, 3.8) is 0 Å². The fraction of sp³-hybridized carbons (Fsp3) is 0.280. The lowest BCUT2D eigenvalue weighted by Gasteiger charge is -2.16. The molecule has 0 saturated carbocycles. The second-order valence-corrected chi connectivity index (χ2v) is 14.3. The summed E-state index contributed by atoms with van der Waals surface area (Å²) in [5.74, 6) is 1.34. The zero-order chi connectivity index (χ0) is 48.6. The van der Waals surface area contributed by atoms with Crippen LogP contribution in [0.3, 0.4) is 0 Å². The van der Waals surface area contributed by atoms with Gasteiger partial charge in [0.05, 0.1) is 41.3 Å². The Kier molecular flexibility index (Phi) is 24.2. The van der Waals surface area contributed by atoms with E-state index in [1.807, 2.05) is 0 Å². The van der Waals surface area contributed by atoms with E-state index in [9.17, 15) is 19.2 Å². The van der Waals surface area contributed by atoms with Gasteiger partial charge in [-0.15, -0.1) is 12.4 Å². The summed E-state index contributed by atoms with van der Waals surface area (Å²) in [6.07, 6.45) is 7.35. The molecule has 8 N–H and O–H groups in total. The van der Waals surface area contributed by atoms with Gasteiger partial charge in [0.2, 0.25) is 0 Å². The highest BCUT2D eigenvalue weighted by molar-refractivity contribution is 6.79. The van der Waals surface area contributed by atoms with Gasteiger partial charge in [-0.1, -0.05) is 47.4 Å². The first-order chi connectivity index (χ1) is 32.5. The molecule has 0 fully saturated rings. The van der Waals surface area contributed by atoms with Crippen LogP contribution in [0.4, 0.5) is 0 Å². The van der Waals surface area contributed by atoms with Gasteiger partial charge in [0.1, 0.15) is 26.4 Å². The summed E-state index contributed by atoms with van der Waals surface area (Å²) < 4.78 is 44.9. The molecular weight excluding hydrogens is 895 g/mol. The van der Waals surface area contributed by atoms with Crippen molar-refractivity contribution in [2.75, 3.05) is 81.0 Å². The number of hydrogen-bond acceptors (Lipinski definition) is 16. The van der Waals surface area contributed by atoms with E-state index in [4.69, 9.17) is 60.8 Å². The fourth-order valence-electron chi connectivity index (χ4n) is 6.30. The molecule has 4 aromatic rings. The molecule has 0 aliphatic rings. The number of ketones is 4. The molecule has 4 aromatic carbocycles. The van der Waals surface area contributed by atoms with Gasteiger partial charge in [-0.3, -0.25) is 19.2 Å². The standard InChI is InChI=1S/C50H58BN4O12.ClH/c1-60-47-25-33(7-13-43(47)64-21-17-52)5-11-37(56)29-39(58)31-41(35-9-15-45(66-23-19-54)49(27-35)62-3)51-42(36-10-16-46(67-24-20-55)50(28-36)63-4)32-40(59)30-38(57)12-6-34-8-14-44(65-22-18-53)48(26-34)61-2;/h5-16,25-28,31-32H,17-24,29-30,52-55H2,1-4H3;1H/b11-5+,12-6+,41-31-,42-32-;. The molecule has 0 atom stereocenters. The summed E-state index contributed by atoms with van der Waals surface area (Å²) in [6, 6.07) is 20.3. The number of halogens is 1. The Morgan fingerprint density at radius 1 is 0.441 bits per heavy atom. The smallest absolute Gasteiger partial charge is 0.193 e. The van der Waals surface area contributed by atoms with Crippen molar-refractivity contribution >= 4 is 65.9 Å². The van der Waals surface area contributed by atoms with Crippen LogP contribution in [0.2, 0.25) is 0 Å². The van der Waals surface area contributed by atoms with E-state index in [2.05, 4.69) is 0 Å². The SMILES string of the molecule is COc1cc(/C=C/C(=O)CC(=O)/C=C(\[B]/C(=C\C(=O)CC(=O)/C=C/c2ccc(OCCN)c(OC)c2)c2ccc(OCCN)c(OC)c2)c2ccc(OCCN)c(OC)c2)ccc1OCCN.Cl. The van der Waals surface area contributed by atoms with E-state index in [1.165, 1.54) is 52.7 Å². The molecule has 1 radical (unpaired) electrons. The maximum Gasteiger partial charge on any atom is 0.193 e. The van der Waals surface area contributed by atoms with Gasteiger partial charge < -0.3 is 60.8 Å². The average molecular weight is 954 g/mol. The second-order valence-electron chi connectivity index (χ2n) is 14.3. The minimum atomic E-state index is -0.545. The van der Waals surface area contributed by atoms with E-state index in [1.54, 1.807) is 92.2 Å². The van der Waals surface area contributed by atoms with Crippen LogP contribution < -0.4 is 60.8 Å². The van der Waals surface area contributed by atoms with Gasteiger partial charge >= 0.3 is 0 Å². The molecule has 18 heteroatoms. The van der Waals surface area contributed by atoms with Crippen molar-refractivity contribution < 1.29 is 57.1 Å². The maximum absolute atomic E-state index is 13.8. The van der Waals surface area contributed by atoms with Crippen molar-refractivity contribution in [3.8, 4) is 46.0 Å². The zero-order valence-electron chi connectivity index (χ0n) is 38.7. The lowest BCUT2D eigenvalue weighted by atomic mass is 9.57. The number of allylic oxidation sites excluding steroid dienone is 4. The third kappa shape index (κ3) is 17.4. The van der Waals surface area contributed by atoms with E-state index in [0.717, 1.165) is 0 Å². The Morgan fingerprint density at radius 3 is 1.06 bits per heavy atom. The summed E-state index contributed by atoms with van der Waals surface area (Å²) in [4.78, 5) is 54.1. The monoisotopic (exact) mass is 953 g/mol. The Balaban J connectivity index is 0.0000122. The second kappa shape index (κ2) is 29.7. The maximum atomic E-state index is 13.8. The Morgan fingerprint density at radius 2 is 0.750 bits per heavy atom. The molecule has 16 nitrogen and oxygen atoms in total. The van der Waals surface area contributed by atoms with E-state index in [-0.39, 0.29) is 38.7 Å². The molecule has 0 bridgehead atoms. The normalized spacial score (nSPS) is 11.4. The number of benzene rings is 4. The van der Waals surface area contributed by atoms with E-state index in [0.29, 0.717) is 105 Å². The fourth-order valence-corrected chi connectivity index (χ4v) is 6.30. The quantitative estimate of drug-likeness (QED) is 0.0303. The van der Waals surface area contributed by atoms with Gasteiger partial charge in [-0.05, 0) is 95.1 Å². The first-order valence-electron chi connectivity index (χ1n) is 21.3. The van der Waals surface area contributed by atoms with E-state index < -0.39 is 36.0 Å². The van der Waals surface area contributed by atoms with Gasteiger partial charge in [0, 0.05) is 26.2 Å². The minimum Gasteiger partial charge on any atom is -0.493 e. The Labute approximate surface area is 403 Å². The molecular formula is C50H59BClN4O12. The molecule has 0 aliphatic heterocycles. The van der Waals surface area contributed by atoms with Crippen molar-refractivity contribution in [1.29, 1.82) is 0 Å². The summed E-state index contributed by atoms with van der Waals surface area (Å²) in [5.41, 5.74) is 25.3. The molecule has 0 spiro atoms. The van der Waals surface area contributed by atoms with Crippen LogP contribution in [0.5, 0.6) is 46.0 Å². The largest absolute Gasteiger partial charge is 0.493 e. The summed E-state index contributed by atoms with van der Waals surface area (Å²) >= 11 is 0. The number of ether oxygens (including phenoxy) is 8. The van der Waals surface area contributed by atoms with Crippen molar-refractivity contribution in [3.05, 3.63) is 119 Å². The molecule has 0 unspecified atom stereocenters. The molecule has 0 heterocycles. The molecule has 0 aliphatic carbocycles. The van der Waals surface area contributed by atoms with Gasteiger partial charge in [-0.2, -0.15) is 0 Å². The highest BCUT2D eigenvalue weighted by Crippen LogP contribution is 2.35. The van der Waals surface area contributed by atoms with Gasteiger partial charge in [-0.25, -0.2) is 0 Å². The van der Waals surface area contributed by atoms with Crippen molar-refractivity contribution in [1.82, 2.24) is 0 Å². The summed E-state index contributed by atoms with van der Waals surface area (Å²) in [7, 11) is 7.53. The Bertz CT molecular complexity index is 2290. The molecule has 0 saturated heterocycles. The van der Waals surface area contributed by atoms with Crippen LogP contribution in [0.25, 0.3) is 23.1 Å². The number of nitrogens with two attached hydrogens (primary N) is 4. The zero-order valence-corrected chi connectivity index (χ0v) is 39.5. The van der Waals surface area contributed by atoms with Crippen LogP contribution in [0.1, 0.15) is 35.1 Å². The van der Waals surface area contributed by atoms with Crippen molar-refractivity contribution in [2.24, 2.45) is 22.9 Å². The first kappa shape index (κ1) is 55.4. The number of carbonyl (C=O) groups excluding carboxylic acids is 4. The molecule has 0 amide bonds. The van der Waals surface area contributed by atoms with Crippen LogP contribution >= 0.6 is 12.4 Å². The van der Waals surface area contributed by atoms with Gasteiger partial charge in [0.15, 0.2) is 76.4 Å². The third-order valence-corrected chi connectivity index (χ3v) is 9.44. The van der Waals surface area contributed by atoms with Crippen LogP contribution in [0.15, 0.2) is 97.1 Å². The lowest BCUT2D eigenvalue weighted by molar-refractivity contribution is -0.123. The van der Waals surface area contributed by atoms with E-state index >= 15 is 0 Å². The van der Waals surface area contributed by atoms with Crippen molar-refractivity contribution in [2.45, 2.75) is 12.8 Å². The number of rotatable bonds is 30. The summed E-state index contributed by atoms with van der Waals surface area (Å²) in [5, 5.41) is 0. The highest BCUT2D eigenvalue weighted by Gasteiger charge is 2.19. The predicted octanol–water partition coefficient (Wildman–Crippen LogP) is 5.06. The topological polar surface area (TPSA) is 246 Å². The molecule has 68 heavy (non-hydrogen) atoms. The van der Waals surface area contributed by atoms with Crippen LogP contribution in [-0.4, -0.2) is 111 Å². The molecule has 4 rings (SSSR count). The number of carbonyl (C=O) groups is 4. The number of hydrogen-bond donors (Lipinski definition) is 4. The number of methoxy groups -OCH3 is 4. The lowest BCUT2D eigenvalue weighted by Crippen LogP contribution is -2.12. The Hall–Kier alpha value is -6.89. The van der Waals surface area contributed by atoms with Crippen LogP contribution in [0, 0.1) is 0 Å². The average Bonchev–Trinajstić information content (AvgIpc) is 3.34.